The summed E-state index contributed by atoms with van der Waals surface area (Å²) in [4.78, 5) is 11.6. The van der Waals surface area contributed by atoms with Crippen molar-refractivity contribution in [1.82, 2.24) is 5.32 Å². The molecule has 1 aromatic rings. The van der Waals surface area contributed by atoms with Gasteiger partial charge in [0, 0.05) is 25.8 Å². The Morgan fingerprint density at radius 2 is 1.95 bits per heavy atom. The minimum absolute atomic E-state index is 0.245. The molecular formula is C18H25NO3. The Morgan fingerprint density at radius 3 is 2.68 bits per heavy atom. The molecule has 2 atom stereocenters. The van der Waals surface area contributed by atoms with Crippen molar-refractivity contribution in [3.63, 3.8) is 0 Å². The second kappa shape index (κ2) is 7.25. The maximum absolute atomic E-state index is 11.6. The van der Waals surface area contributed by atoms with E-state index in [4.69, 9.17) is 4.74 Å². The van der Waals surface area contributed by atoms with E-state index in [9.17, 15) is 9.90 Å². The SMILES string of the molecule is O=C(O)C(CNC1CCc2ccccc2C1)C1CCOCC1. The van der Waals surface area contributed by atoms with Gasteiger partial charge in [0.1, 0.15) is 0 Å². The molecule has 0 spiro atoms. The van der Waals surface area contributed by atoms with Crippen molar-refractivity contribution in [2.45, 2.75) is 38.1 Å². The number of nitrogens with one attached hydrogen (secondary N) is 1. The quantitative estimate of drug-likeness (QED) is 0.876. The molecule has 1 heterocycles. The molecular weight excluding hydrogens is 278 g/mol. The lowest BCUT2D eigenvalue weighted by Crippen LogP contribution is -2.42. The van der Waals surface area contributed by atoms with Crippen molar-refractivity contribution < 1.29 is 14.6 Å². The summed E-state index contributed by atoms with van der Waals surface area (Å²) < 4.78 is 5.35. The summed E-state index contributed by atoms with van der Waals surface area (Å²) in [5.74, 6) is -0.716. The van der Waals surface area contributed by atoms with Gasteiger partial charge >= 0.3 is 5.97 Å². The van der Waals surface area contributed by atoms with Crippen LogP contribution in [-0.2, 0) is 22.4 Å². The van der Waals surface area contributed by atoms with Crippen molar-refractivity contribution in [2.75, 3.05) is 19.8 Å². The average molecular weight is 303 g/mol. The monoisotopic (exact) mass is 303 g/mol. The Balaban J connectivity index is 1.55. The van der Waals surface area contributed by atoms with E-state index in [1.54, 1.807) is 0 Å². The Hall–Kier alpha value is -1.39. The van der Waals surface area contributed by atoms with E-state index in [0.717, 1.165) is 32.1 Å². The van der Waals surface area contributed by atoms with E-state index >= 15 is 0 Å². The first-order chi connectivity index (χ1) is 10.7. The lowest BCUT2D eigenvalue weighted by atomic mass is 9.84. The fourth-order valence-electron chi connectivity index (χ4n) is 3.74. The molecule has 0 bridgehead atoms. The highest BCUT2D eigenvalue weighted by atomic mass is 16.5. The molecule has 1 aliphatic heterocycles. The molecule has 22 heavy (non-hydrogen) atoms. The molecule has 4 nitrogen and oxygen atoms in total. The van der Waals surface area contributed by atoms with Crippen LogP contribution in [0.5, 0.6) is 0 Å². The van der Waals surface area contributed by atoms with Gasteiger partial charge in [0.15, 0.2) is 0 Å². The topological polar surface area (TPSA) is 58.6 Å². The summed E-state index contributed by atoms with van der Waals surface area (Å²) in [6.45, 7) is 1.98. The summed E-state index contributed by atoms with van der Waals surface area (Å²) in [7, 11) is 0. The fraction of sp³-hybridized carbons (Fsp3) is 0.611. The second-order valence-electron chi connectivity index (χ2n) is 6.51. The van der Waals surface area contributed by atoms with Crippen molar-refractivity contribution in [3.8, 4) is 0 Å². The van der Waals surface area contributed by atoms with Gasteiger partial charge in [0.2, 0.25) is 0 Å². The van der Waals surface area contributed by atoms with Crippen LogP contribution in [-0.4, -0.2) is 36.9 Å². The molecule has 1 fully saturated rings. The van der Waals surface area contributed by atoms with Gasteiger partial charge in [-0.15, -0.1) is 0 Å². The van der Waals surface area contributed by atoms with Crippen molar-refractivity contribution in [2.24, 2.45) is 11.8 Å². The van der Waals surface area contributed by atoms with Crippen molar-refractivity contribution in [1.29, 1.82) is 0 Å². The Morgan fingerprint density at radius 1 is 1.23 bits per heavy atom. The molecule has 1 aromatic carbocycles. The van der Waals surface area contributed by atoms with Crippen LogP contribution >= 0.6 is 0 Å². The number of benzene rings is 1. The van der Waals surface area contributed by atoms with E-state index < -0.39 is 5.97 Å². The molecule has 1 aliphatic carbocycles. The summed E-state index contributed by atoms with van der Waals surface area (Å²) in [6, 6.07) is 8.97. The predicted octanol–water partition coefficient (Wildman–Crippen LogP) is 2.26. The van der Waals surface area contributed by atoms with Gasteiger partial charge in [-0.1, -0.05) is 24.3 Å². The highest BCUT2D eigenvalue weighted by Crippen LogP contribution is 2.25. The molecule has 0 aromatic heterocycles. The highest BCUT2D eigenvalue weighted by molar-refractivity contribution is 5.70. The second-order valence-corrected chi connectivity index (χ2v) is 6.51. The summed E-state index contributed by atoms with van der Waals surface area (Å²) in [6.07, 6.45) is 4.93. The van der Waals surface area contributed by atoms with Gasteiger partial charge < -0.3 is 15.2 Å². The normalized spacial score (nSPS) is 23.7. The lowest BCUT2D eigenvalue weighted by molar-refractivity contribution is -0.144. The van der Waals surface area contributed by atoms with E-state index in [-0.39, 0.29) is 11.8 Å². The first-order valence-electron chi connectivity index (χ1n) is 8.35. The molecule has 1 saturated heterocycles. The van der Waals surface area contributed by atoms with Gasteiger partial charge in [0.25, 0.3) is 0 Å². The maximum Gasteiger partial charge on any atom is 0.308 e. The van der Waals surface area contributed by atoms with Gasteiger partial charge in [-0.05, 0) is 49.1 Å². The van der Waals surface area contributed by atoms with Crippen molar-refractivity contribution >= 4 is 5.97 Å². The molecule has 2 aliphatic rings. The number of carboxylic acid groups (broad SMARTS) is 1. The molecule has 0 amide bonds. The summed E-state index contributed by atoms with van der Waals surface area (Å²) in [5, 5.41) is 13.1. The summed E-state index contributed by atoms with van der Waals surface area (Å²) in [5.41, 5.74) is 2.85. The zero-order valence-electron chi connectivity index (χ0n) is 13.0. The van der Waals surface area contributed by atoms with Crippen LogP contribution < -0.4 is 5.32 Å². The zero-order valence-corrected chi connectivity index (χ0v) is 13.0. The fourth-order valence-corrected chi connectivity index (χ4v) is 3.74. The molecule has 0 radical (unpaired) electrons. The van der Waals surface area contributed by atoms with Gasteiger partial charge in [-0.3, -0.25) is 4.79 Å². The zero-order chi connectivity index (χ0) is 15.4. The number of aliphatic carboxylic acids is 1. The van der Waals surface area contributed by atoms with Gasteiger partial charge in [-0.2, -0.15) is 0 Å². The predicted molar refractivity (Wildman–Crippen MR) is 84.9 cm³/mol. The molecule has 4 heteroatoms. The number of aryl methyl sites for hydroxylation is 1. The highest BCUT2D eigenvalue weighted by Gasteiger charge is 2.30. The van der Waals surface area contributed by atoms with Crippen LogP contribution in [0, 0.1) is 11.8 Å². The van der Waals surface area contributed by atoms with E-state index in [0.29, 0.717) is 25.8 Å². The number of hydrogen-bond donors (Lipinski definition) is 2. The molecule has 3 rings (SSSR count). The first-order valence-corrected chi connectivity index (χ1v) is 8.35. The number of carboxylic acids is 1. The van der Waals surface area contributed by atoms with Crippen LogP contribution in [0.4, 0.5) is 0 Å². The largest absolute Gasteiger partial charge is 0.481 e. The molecule has 2 unspecified atom stereocenters. The van der Waals surface area contributed by atoms with Crippen LogP contribution in [0.15, 0.2) is 24.3 Å². The molecule has 120 valence electrons. The minimum Gasteiger partial charge on any atom is -0.481 e. The third-order valence-electron chi connectivity index (χ3n) is 5.13. The smallest absolute Gasteiger partial charge is 0.308 e. The average Bonchev–Trinajstić information content (AvgIpc) is 2.55. The Bertz CT molecular complexity index is 511. The number of fused-ring (bicyclic) bond motifs is 1. The molecule has 2 N–H and O–H groups in total. The van der Waals surface area contributed by atoms with Crippen LogP contribution in [0.3, 0.4) is 0 Å². The van der Waals surface area contributed by atoms with Crippen molar-refractivity contribution in [3.05, 3.63) is 35.4 Å². The summed E-state index contributed by atoms with van der Waals surface area (Å²) >= 11 is 0. The number of ether oxygens (including phenoxy) is 1. The Labute approximate surface area is 131 Å². The Kier molecular flexibility index (Phi) is 5.11. The maximum atomic E-state index is 11.6. The number of hydrogen-bond acceptors (Lipinski definition) is 3. The van der Waals surface area contributed by atoms with E-state index in [1.165, 1.54) is 11.1 Å². The number of rotatable bonds is 5. The lowest BCUT2D eigenvalue weighted by Gasteiger charge is -2.31. The van der Waals surface area contributed by atoms with E-state index in [2.05, 4.69) is 29.6 Å². The number of carbonyl (C=O) groups is 1. The third-order valence-corrected chi connectivity index (χ3v) is 5.13. The van der Waals surface area contributed by atoms with Crippen LogP contribution in [0.25, 0.3) is 0 Å². The third kappa shape index (κ3) is 3.68. The van der Waals surface area contributed by atoms with Gasteiger partial charge in [0.05, 0.1) is 5.92 Å². The minimum atomic E-state index is -0.671. The molecule has 0 saturated carbocycles. The van der Waals surface area contributed by atoms with Crippen LogP contribution in [0.1, 0.15) is 30.4 Å². The first kappa shape index (κ1) is 15.5. The standard InChI is InChI=1S/C18H25NO3/c20-18(21)17(14-7-9-22-10-8-14)12-19-16-6-5-13-3-1-2-4-15(13)11-16/h1-4,14,16-17,19H,5-12H2,(H,20,21). The van der Waals surface area contributed by atoms with Crippen LogP contribution in [0.2, 0.25) is 0 Å². The van der Waals surface area contributed by atoms with E-state index in [1.807, 2.05) is 0 Å². The van der Waals surface area contributed by atoms with Gasteiger partial charge in [-0.25, -0.2) is 0 Å².